The van der Waals surface area contributed by atoms with Crippen molar-refractivity contribution in [3.63, 3.8) is 0 Å². The minimum Gasteiger partial charge on any atom is -0.309 e. The minimum absolute atomic E-state index is 0.565. The number of nitrogens with one attached hydrogen (secondary N) is 1. The fraction of sp³-hybridized carbons (Fsp3) is 0.351. The molecule has 0 aromatic heterocycles. The molecular weight excluding hydrogens is 458 g/mol. The SMILES string of the molecule is Cc1ccc(C)c(C(c2cc(C)ccc2C)C2CCCCC2)c1.c1ccc(CNCc2ccccc2)cc1. The van der Waals surface area contributed by atoms with E-state index in [1.54, 1.807) is 11.1 Å². The fourth-order valence-electron chi connectivity index (χ4n) is 5.88. The fourth-order valence-corrected chi connectivity index (χ4v) is 5.88. The average molecular weight is 504 g/mol. The van der Waals surface area contributed by atoms with Gasteiger partial charge >= 0.3 is 0 Å². The van der Waals surface area contributed by atoms with Crippen LogP contribution in [0.5, 0.6) is 0 Å². The van der Waals surface area contributed by atoms with Gasteiger partial charge in [-0.3, -0.25) is 0 Å². The largest absolute Gasteiger partial charge is 0.309 e. The Morgan fingerprint density at radius 1 is 0.579 bits per heavy atom. The molecule has 0 amide bonds. The highest BCUT2D eigenvalue weighted by Gasteiger charge is 2.28. The molecule has 1 aliphatic rings. The van der Waals surface area contributed by atoms with Gasteiger partial charge in [-0.15, -0.1) is 0 Å². The molecule has 38 heavy (non-hydrogen) atoms. The van der Waals surface area contributed by atoms with E-state index < -0.39 is 0 Å². The van der Waals surface area contributed by atoms with Crippen molar-refractivity contribution in [2.75, 3.05) is 0 Å². The molecule has 0 aliphatic heterocycles. The summed E-state index contributed by atoms with van der Waals surface area (Å²) in [5.74, 6) is 1.36. The zero-order valence-corrected chi connectivity index (χ0v) is 23.8. The van der Waals surface area contributed by atoms with E-state index in [9.17, 15) is 0 Å². The predicted molar refractivity (Wildman–Crippen MR) is 164 cm³/mol. The van der Waals surface area contributed by atoms with Gasteiger partial charge in [0.15, 0.2) is 0 Å². The van der Waals surface area contributed by atoms with Gasteiger partial charge in [-0.25, -0.2) is 0 Å². The van der Waals surface area contributed by atoms with Crippen LogP contribution in [-0.2, 0) is 13.1 Å². The summed E-state index contributed by atoms with van der Waals surface area (Å²) in [6.07, 6.45) is 6.98. The van der Waals surface area contributed by atoms with Gasteiger partial charge in [-0.2, -0.15) is 0 Å². The van der Waals surface area contributed by atoms with Crippen molar-refractivity contribution < 1.29 is 0 Å². The molecule has 0 heterocycles. The molecule has 1 N–H and O–H groups in total. The van der Waals surface area contributed by atoms with Gasteiger partial charge in [0.05, 0.1) is 0 Å². The number of rotatable bonds is 7. The van der Waals surface area contributed by atoms with Crippen molar-refractivity contribution in [3.05, 3.63) is 142 Å². The minimum atomic E-state index is 0.565. The first-order chi connectivity index (χ1) is 18.5. The van der Waals surface area contributed by atoms with E-state index in [4.69, 9.17) is 0 Å². The standard InChI is InChI=1S/C23H30.C14H15N/c1-16-10-12-18(3)21(14-16)23(20-8-6-5-7-9-20)22-15-17(2)11-13-19(22)4;1-3-7-13(8-4-1)11-15-12-14-9-5-2-6-10-14/h10-15,20,23H,5-9H2,1-4H3;1-10,15H,11-12H2. The summed E-state index contributed by atoms with van der Waals surface area (Å²) in [7, 11) is 0. The van der Waals surface area contributed by atoms with Crippen LogP contribution in [0.2, 0.25) is 0 Å². The first-order valence-electron chi connectivity index (χ1n) is 14.4. The Bertz CT molecular complexity index is 1160. The van der Waals surface area contributed by atoms with Crippen LogP contribution in [0.4, 0.5) is 0 Å². The van der Waals surface area contributed by atoms with Crippen LogP contribution < -0.4 is 5.32 Å². The summed E-state index contributed by atoms with van der Waals surface area (Å²) < 4.78 is 0. The molecule has 0 unspecified atom stereocenters. The van der Waals surface area contributed by atoms with Crippen LogP contribution in [0.3, 0.4) is 0 Å². The van der Waals surface area contributed by atoms with E-state index in [1.807, 2.05) is 12.1 Å². The number of hydrogen-bond acceptors (Lipinski definition) is 1. The third-order valence-corrected chi connectivity index (χ3v) is 8.00. The van der Waals surface area contributed by atoms with Crippen molar-refractivity contribution in [2.24, 2.45) is 5.92 Å². The predicted octanol–water partition coefficient (Wildman–Crippen LogP) is 9.61. The Kier molecular flexibility index (Phi) is 10.4. The van der Waals surface area contributed by atoms with Crippen LogP contribution in [0, 0.1) is 33.6 Å². The van der Waals surface area contributed by atoms with Gasteiger partial charge in [0.25, 0.3) is 0 Å². The lowest BCUT2D eigenvalue weighted by Gasteiger charge is -2.33. The lowest BCUT2D eigenvalue weighted by Crippen LogP contribution is -2.19. The second-order valence-electron chi connectivity index (χ2n) is 11.2. The Morgan fingerprint density at radius 2 is 1.03 bits per heavy atom. The van der Waals surface area contributed by atoms with Crippen LogP contribution in [0.15, 0.2) is 97.1 Å². The van der Waals surface area contributed by atoms with Gasteiger partial charge in [-0.1, -0.05) is 127 Å². The second-order valence-corrected chi connectivity index (χ2v) is 11.2. The Labute approximate surface area is 231 Å². The third-order valence-electron chi connectivity index (χ3n) is 8.00. The van der Waals surface area contributed by atoms with Crippen LogP contribution in [0.1, 0.15) is 82.5 Å². The summed E-state index contributed by atoms with van der Waals surface area (Å²) in [6.45, 7) is 10.9. The average Bonchev–Trinajstić information content (AvgIpc) is 2.95. The number of hydrogen-bond donors (Lipinski definition) is 1. The van der Waals surface area contributed by atoms with Crippen molar-refractivity contribution in [3.8, 4) is 0 Å². The van der Waals surface area contributed by atoms with Crippen molar-refractivity contribution in [1.82, 2.24) is 5.32 Å². The highest BCUT2D eigenvalue weighted by atomic mass is 14.8. The quantitative estimate of drug-likeness (QED) is 0.265. The summed E-state index contributed by atoms with van der Waals surface area (Å²) in [4.78, 5) is 0. The molecule has 1 nitrogen and oxygen atoms in total. The summed E-state index contributed by atoms with van der Waals surface area (Å²) in [5, 5.41) is 3.42. The Morgan fingerprint density at radius 3 is 1.47 bits per heavy atom. The molecule has 0 bridgehead atoms. The van der Waals surface area contributed by atoms with Crippen LogP contribution in [0.25, 0.3) is 0 Å². The maximum absolute atomic E-state index is 3.42. The van der Waals surface area contributed by atoms with E-state index in [-0.39, 0.29) is 0 Å². The maximum atomic E-state index is 3.42. The van der Waals surface area contributed by atoms with Crippen LogP contribution in [-0.4, -0.2) is 0 Å². The third kappa shape index (κ3) is 7.92. The Balaban J connectivity index is 0.000000194. The van der Waals surface area contributed by atoms with Gasteiger partial charge in [0, 0.05) is 19.0 Å². The smallest absolute Gasteiger partial charge is 0.0208 e. The molecular formula is C37H45N. The molecule has 4 aromatic rings. The van der Waals surface area contributed by atoms with E-state index in [2.05, 4.69) is 118 Å². The Hall–Kier alpha value is -3.16. The molecule has 0 spiro atoms. The molecule has 4 aromatic carbocycles. The normalized spacial score (nSPS) is 13.7. The highest BCUT2D eigenvalue weighted by molar-refractivity contribution is 5.44. The molecule has 198 valence electrons. The molecule has 0 radical (unpaired) electrons. The lowest BCUT2D eigenvalue weighted by molar-refractivity contribution is 0.326. The van der Waals surface area contributed by atoms with E-state index >= 15 is 0 Å². The van der Waals surface area contributed by atoms with Gasteiger partial charge in [0.2, 0.25) is 0 Å². The zero-order chi connectivity index (χ0) is 26.7. The summed E-state index contributed by atoms with van der Waals surface area (Å²) in [6, 6.07) is 34.9. The zero-order valence-electron chi connectivity index (χ0n) is 23.8. The van der Waals surface area contributed by atoms with Gasteiger partial charge < -0.3 is 5.32 Å². The topological polar surface area (TPSA) is 12.0 Å². The van der Waals surface area contributed by atoms with E-state index in [0.717, 1.165) is 19.0 Å². The number of benzene rings is 4. The first-order valence-corrected chi connectivity index (χ1v) is 14.4. The van der Waals surface area contributed by atoms with Crippen molar-refractivity contribution >= 4 is 0 Å². The van der Waals surface area contributed by atoms with Crippen molar-refractivity contribution in [2.45, 2.75) is 78.8 Å². The molecule has 1 aliphatic carbocycles. The second kappa shape index (κ2) is 14.1. The lowest BCUT2D eigenvalue weighted by atomic mass is 9.71. The highest BCUT2D eigenvalue weighted by Crippen LogP contribution is 2.43. The molecule has 0 saturated heterocycles. The van der Waals surface area contributed by atoms with E-state index in [0.29, 0.717) is 5.92 Å². The van der Waals surface area contributed by atoms with E-state index in [1.165, 1.54) is 65.5 Å². The van der Waals surface area contributed by atoms with Crippen molar-refractivity contribution in [1.29, 1.82) is 0 Å². The summed E-state index contributed by atoms with van der Waals surface area (Å²) >= 11 is 0. The monoisotopic (exact) mass is 503 g/mol. The maximum Gasteiger partial charge on any atom is 0.0208 e. The summed E-state index contributed by atoms with van der Waals surface area (Å²) in [5.41, 5.74) is 11.4. The molecule has 5 rings (SSSR count). The molecule has 1 fully saturated rings. The number of aryl methyl sites for hydroxylation is 4. The molecule has 1 saturated carbocycles. The van der Waals surface area contributed by atoms with Crippen LogP contribution >= 0.6 is 0 Å². The van der Waals surface area contributed by atoms with Gasteiger partial charge in [-0.05, 0) is 79.8 Å². The molecule has 0 atom stereocenters. The molecule has 1 heteroatoms. The van der Waals surface area contributed by atoms with Gasteiger partial charge in [0.1, 0.15) is 0 Å². The first kappa shape index (κ1) is 27.9.